The third-order valence-electron chi connectivity index (χ3n) is 12.5. The molecule has 0 aliphatic carbocycles. The van der Waals surface area contributed by atoms with Gasteiger partial charge in [0.25, 0.3) is 0 Å². The lowest BCUT2D eigenvalue weighted by atomic mass is 10.0. The maximum absolute atomic E-state index is 13.9. The monoisotopic (exact) mass is 1200 g/mol. The molecule has 6 N–H and O–H groups in total. The Balaban J connectivity index is 1.57. The van der Waals surface area contributed by atoms with E-state index in [2.05, 4.69) is 41.9 Å². The molecule has 0 fully saturated rings. The summed E-state index contributed by atoms with van der Waals surface area (Å²) < 4.78 is 16.6. The van der Waals surface area contributed by atoms with Gasteiger partial charge in [0.1, 0.15) is 41.0 Å². The molecule has 3 rings (SSSR count). The van der Waals surface area contributed by atoms with E-state index in [1.165, 1.54) is 0 Å². The number of hydrogen-bond donors (Lipinski definition) is 6. The van der Waals surface area contributed by atoms with Crippen LogP contribution >= 0.6 is 11.6 Å². The summed E-state index contributed by atoms with van der Waals surface area (Å²) in [5.41, 5.74) is 8.42. The van der Waals surface area contributed by atoms with Crippen molar-refractivity contribution in [3.05, 3.63) is 117 Å². The van der Waals surface area contributed by atoms with Gasteiger partial charge in [-0.15, -0.1) is 0 Å². The molecular formula is C62H89ClN10O12. The van der Waals surface area contributed by atoms with Gasteiger partial charge in [0, 0.05) is 81.2 Å². The average Bonchev–Trinajstić information content (AvgIpc) is 3.61. The van der Waals surface area contributed by atoms with Crippen LogP contribution in [0.2, 0.25) is 5.02 Å². The van der Waals surface area contributed by atoms with E-state index in [1.807, 2.05) is 66.7 Å². The molecule has 85 heavy (non-hydrogen) atoms. The number of halogens is 1. The highest BCUT2D eigenvalue weighted by Crippen LogP contribution is 2.19. The molecule has 23 heteroatoms. The standard InChI is InChI=1S/C62H89ClN10O12/c1-60(2,3)83-54(77)34-31-48(58(81)85-62(7,8)9)71-59(82)70-47(57(80)84-61(4,5)6)29-18-20-38-73(42-45-27-21-28-46(63)39-45)53(76)30-17-12-19-35-65-51(74)32-33-52(75)68-50(41-44-25-15-11-16-26-44)56(79)69-49(40-43-23-13-10-14-24-43)55(78)66-36-22-37-67-72-64/h10-11,13-16,21,23-28,39,47-50H,12,17-20,22,29-38,40-42H2,1-9H3,(H,65,74)(H,66,78)(H,68,75)(H,69,79)(H2,70,71,82)/t47-,48-,49-,50-/m0/s1. The second kappa shape index (κ2) is 36.9. The lowest BCUT2D eigenvalue weighted by molar-refractivity contribution is -0.159. The van der Waals surface area contributed by atoms with Gasteiger partial charge in [-0.25, -0.2) is 14.4 Å². The highest BCUT2D eigenvalue weighted by atomic mass is 35.5. The number of unbranched alkanes of at least 4 members (excludes halogenated alkanes) is 3. The van der Waals surface area contributed by atoms with Gasteiger partial charge in [0.2, 0.25) is 29.5 Å². The molecule has 0 heterocycles. The number of hydrogen-bond acceptors (Lipinski definition) is 13. The van der Waals surface area contributed by atoms with Crippen molar-refractivity contribution in [1.29, 1.82) is 0 Å². The Kier molecular flexibility index (Phi) is 31.0. The van der Waals surface area contributed by atoms with E-state index in [0.29, 0.717) is 56.6 Å². The smallest absolute Gasteiger partial charge is 0.329 e. The summed E-state index contributed by atoms with van der Waals surface area (Å²) in [6.45, 7) is 16.5. The molecule has 22 nitrogen and oxygen atoms in total. The molecule has 0 saturated carbocycles. The lowest BCUT2D eigenvalue weighted by Gasteiger charge is -2.27. The van der Waals surface area contributed by atoms with Crippen LogP contribution in [-0.4, -0.2) is 126 Å². The number of carbonyl (C=O) groups is 9. The molecule has 3 aromatic rings. The quantitative estimate of drug-likeness (QED) is 0.00808. The fourth-order valence-corrected chi connectivity index (χ4v) is 8.73. The molecule has 466 valence electrons. The van der Waals surface area contributed by atoms with Gasteiger partial charge in [0.15, 0.2) is 0 Å². The molecule has 0 bridgehead atoms. The number of urea groups is 1. The topological polar surface area (TPSA) is 306 Å². The van der Waals surface area contributed by atoms with Crippen LogP contribution in [0.25, 0.3) is 10.4 Å². The molecule has 0 saturated heterocycles. The fourth-order valence-electron chi connectivity index (χ4n) is 8.52. The molecule has 4 atom stereocenters. The fraction of sp³-hybridized carbons (Fsp3) is 0.565. The minimum absolute atomic E-state index is 0.121. The second-order valence-corrected chi connectivity index (χ2v) is 24.1. The average molecular weight is 1200 g/mol. The Morgan fingerprint density at radius 2 is 1.08 bits per heavy atom. The highest BCUT2D eigenvalue weighted by Gasteiger charge is 2.32. The van der Waals surface area contributed by atoms with Gasteiger partial charge in [-0.2, -0.15) is 0 Å². The van der Waals surface area contributed by atoms with Gasteiger partial charge in [-0.05, 0) is 142 Å². The zero-order valence-electron chi connectivity index (χ0n) is 50.9. The lowest BCUT2D eigenvalue weighted by Crippen LogP contribution is -2.55. The van der Waals surface area contributed by atoms with Crippen molar-refractivity contribution in [2.24, 2.45) is 5.11 Å². The van der Waals surface area contributed by atoms with Gasteiger partial charge < -0.3 is 51.0 Å². The highest BCUT2D eigenvalue weighted by molar-refractivity contribution is 6.30. The molecule has 0 radical (unpaired) electrons. The number of rotatable bonds is 35. The predicted molar refractivity (Wildman–Crippen MR) is 323 cm³/mol. The van der Waals surface area contributed by atoms with E-state index < -0.39 is 82.6 Å². The van der Waals surface area contributed by atoms with E-state index in [-0.39, 0.29) is 82.8 Å². The summed E-state index contributed by atoms with van der Waals surface area (Å²) in [5.74, 6) is -4.08. The first-order chi connectivity index (χ1) is 40.1. The summed E-state index contributed by atoms with van der Waals surface area (Å²) in [7, 11) is 0. The van der Waals surface area contributed by atoms with Crippen molar-refractivity contribution in [2.75, 3.05) is 26.2 Å². The van der Waals surface area contributed by atoms with Gasteiger partial charge >= 0.3 is 23.9 Å². The Morgan fingerprint density at radius 3 is 1.65 bits per heavy atom. The van der Waals surface area contributed by atoms with E-state index in [1.54, 1.807) is 85.4 Å². The van der Waals surface area contributed by atoms with Crippen LogP contribution in [0.15, 0.2) is 90.0 Å². The second-order valence-electron chi connectivity index (χ2n) is 23.7. The Labute approximate surface area is 505 Å². The third-order valence-corrected chi connectivity index (χ3v) is 12.7. The minimum Gasteiger partial charge on any atom is -0.460 e. The predicted octanol–water partition coefficient (Wildman–Crippen LogP) is 8.41. The normalized spacial score (nSPS) is 12.8. The van der Waals surface area contributed by atoms with E-state index in [9.17, 15) is 43.2 Å². The number of ether oxygens (including phenoxy) is 3. The maximum Gasteiger partial charge on any atom is 0.329 e. The number of nitrogens with zero attached hydrogens (tertiary/aromatic N) is 4. The van der Waals surface area contributed by atoms with Crippen LogP contribution in [0, 0.1) is 0 Å². The molecule has 0 aromatic heterocycles. The number of azide groups is 1. The van der Waals surface area contributed by atoms with Crippen molar-refractivity contribution in [3.63, 3.8) is 0 Å². The molecular weight excluding hydrogens is 1110 g/mol. The van der Waals surface area contributed by atoms with Gasteiger partial charge in [-0.3, -0.25) is 28.8 Å². The first-order valence-electron chi connectivity index (χ1n) is 29.1. The van der Waals surface area contributed by atoms with Crippen LogP contribution < -0.4 is 31.9 Å². The summed E-state index contributed by atoms with van der Waals surface area (Å²) in [4.78, 5) is 125. The van der Waals surface area contributed by atoms with Crippen LogP contribution in [0.3, 0.4) is 0 Å². The molecule has 0 unspecified atom stereocenters. The minimum atomic E-state index is -1.25. The molecule has 0 spiro atoms. The Bertz CT molecular complexity index is 2690. The van der Waals surface area contributed by atoms with Gasteiger partial charge in [0.05, 0.1) is 0 Å². The van der Waals surface area contributed by atoms with Crippen LogP contribution in [-0.2, 0) is 72.0 Å². The number of carbonyl (C=O) groups excluding carboxylic acids is 9. The maximum atomic E-state index is 13.9. The first kappa shape index (κ1) is 71.6. The van der Waals surface area contributed by atoms with E-state index in [4.69, 9.17) is 31.3 Å². The largest absolute Gasteiger partial charge is 0.460 e. The third kappa shape index (κ3) is 32.2. The summed E-state index contributed by atoms with van der Waals surface area (Å²) in [5, 5.41) is 20.4. The van der Waals surface area contributed by atoms with E-state index in [0.717, 1.165) is 16.7 Å². The van der Waals surface area contributed by atoms with E-state index >= 15 is 0 Å². The summed E-state index contributed by atoms with van der Waals surface area (Å²) in [6, 6.07) is 20.1. The molecule has 7 amide bonds. The molecule has 3 aromatic carbocycles. The molecule has 0 aliphatic heterocycles. The van der Waals surface area contributed by atoms with Crippen molar-refractivity contribution >= 4 is 65.1 Å². The molecule has 0 aliphatic rings. The zero-order valence-corrected chi connectivity index (χ0v) is 51.6. The van der Waals surface area contributed by atoms with Crippen molar-refractivity contribution in [3.8, 4) is 0 Å². The summed E-state index contributed by atoms with van der Waals surface area (Å²) in [6.07, 6.45) is 2.85. The Hall–Kier alpha value is -7.71. The summed E-state index contributed by atoms with van der Waals surface area (Å²) >= 11 is 6.31. The van der Waals surface area contributed by atoms with Crippen LogP contribution in [0.1, 0.15) is 156 Å². The van der Waals surface area contributed by atoms with Crippen molar-refractivity contribution < 1.29 is 57.4 Å². The SMILES string of the molecule is CC(C)(C)OC(=O)CC[C@H](NC(=O)N[C@@H](CCCCN(Cc1cccc(Cl)c1)C(=O)CCCCCNC(=O)CCC(=O)N[C@@H](Cc1ccccc1)C(=O)N[C@@H](Cc1ccccc1)C(=O)NCCCN=[N+]=[N-])C(=O)OC(C)(C)C)C(=O)OC(C)(C)C. The van der Waals surface area contributed by atoms with Crippen LogP contribution in [0.5, 0.6) is 0 Å². The van der Waals surface area contributed by atoms with Crippen molar-refractivity contribution in [2.45, 2.75) is 200 Å². The zero-order chi connectivity index (χ0) is 63.0. The van der Waals surface area contributed by atoms with Crippen LogP contribution in [0.4, 0.5) is 4.79 Å². The number of esters is 3. The van der Waals surface area contributed by atoms with Gasteiger partial charge in [-0.1, -0.05) is 95.9 Å². The first-order valence-corrected chi connectivity index (χ1v) is 29.5. The number of amides is 7. The number of benzene rings is 3. The Morgan fingerprint density at radius 1 is 0.541 bits per heavy atom. The number of nitrogens with one attached hydrogen (secondary N) is 6. The van der Waals surface area contributed by atoms with Crippen molar-refractivity contribution in [1.82, 2.24) is 36.8 Å².